The summed E-state index contributed by atoms with van der Waals surface area (Å²) >= 11 is 0. The number of para-hydroxylation sites is 1. The van der Waals surface area contributed by atoms with Crippen molar-refractivity contribution >= 4 is 35.1 Å². The average molecular weight is 561 g/mol. The number of methoxy groups -OCH3 is 1. The van der Waals surface area contributed by atoms with Crippen LogP contribution in [0, 0.1) is 0 Å². The van der Waals surface area contributed by atoms with E-state index in [0.717, 1.165) is 27.6 Å². The molecule has 0 saturated carbocycles. The zero-order valence-corrected chi connectivity index (χ0v) is 25.0. The van der Waals surface area contributed by atoms with Gasteiger partial charge < -0.3 is 19.1 Å². The summed E-state index contributed by atoms with van der Waals surface area (Å²) in [7, 11) is 1.35. The molecule has 0 aliphatic heterocycles. The summed E-state index contributed by atoms with van der Waals surface area (Å²) < 4.78 is 17.7. The summed E-state index contributed by atoms with van der Waals surface area (Å²) in [4.78, 5) is 39.8. The number of amides is 1. The minimum Gasteiger partial charge on any atom is -0.466 e. The van der Waals surface area contributed by atoms with Crippen molar-refractivity contribution in [2.45, 2.75) is 78.0 Å². The van der Waals surface area contributed by atoms with E-state index < -0.39 is 23.3 Å². The topological polar surface area (TPSA) is 87.1 Å². The fraction of sp³-hybridized carbons (Fsp3) is 0.424. The highest BCUT2D eigenvalue weighted by atomic mass is 16.6. The van der Waals surface area contributed by atoms with Crippen LogP contribution in [-0.2, 0) is 38.3 Å². The van der Waals surface area contributed by atoms with E-state index >= 15 is 0 Å². The Morgan fingerprint density at radius 2 is 1.63 bits per heavy atom. The standard InChI is InChI=1S/C33H40N2O6/c1-32(2,3)40-30(37)34(26-19-23-14-12-22(18-25(23)20-26)13-15-29(36)39-7)17-16-24-21-35(31(38)41-33(4,5)6)28-11-9-8-10-27(24)28/h8-15,18,21,26H,16-17,19-20H2,1-7H3. The molecule has 0 N–H and O–H groups in total. The predicted molar refractivity (Wildman–Crippen MR) is 159 cm³/mol. The minimum atomic E-state index is -0.640. The third kappa shape index (κ3) is 7.57. The first-order valence-electron chi connectivity index (χ1n) is 13.9. The lowest BCUT2D eigenvalue weighted by Gasteiger charge is -2.31. The molecule has 8 heteroatoms. The van der Waals surface area contributed by atoms with Gasteiger partial charge in [0, 0.05) is 30.2 Å². The molecule has 3 aromatic rings. The highest BCUT2D eigenvalue weighted by Gasteiger charge is 2.33. The molecule has 218 valence electrons. The van der Waals surface area contributed by atoms with Crippen LogP contribution in [0.25, 0.3) is 17.0 Å². The average Bonchev–Trinajstić information content (AvgIpc) is 3.46. The third-order valence-electron chi connectivity index (χ3n) is 6.83. The molecule has 1 aromatic heterocycles. The van der Waals surface area contributed by atoms with Crippen molar-refractivity contribution in [1.29, 1.82) is 0 Å². The van der Waals surface area contributed by atoms with Gasteiger partial charge in [0.25, 0.3) is 0 Å². The summed E-state index contributed by atoms with van der Waals surface area (Å²) in [6.07, 6.45) is 6.05. The first-order valence-corrected chi connectivity index (χ1v) is 13.9. The molecule has 1 heterocycles. The van der Waals surface area contributed by atoms with Gasteiger partial charge in [0.2, 0.25) is 0 Å². The maximum absolute atomic E-state index is 13.5. The van der Waals surface area contributed by atoms with Gasteiger partial charge in [-0.15, -0.1) is 0 Å². The van der Waals surface area contributed by atoms with E-state index in [-0.39, 0.29) is 12.1 Å². The summed E-state index contributed by atoms with van der Waals surface area (Å²) in [6.45, 7) is 11.5. The van der Waals surface area contributed by atoms with Gasteiger partial charge in [-0.05, 0) is 95.2 Å². The fourth-order valence-electron chi connectivity index (χ4n) is 5.07. The van der Waals surface area contributed by atoms with Crippen LogP contribution in [0.5, 0.6) is 0 Å². The van der Waals surface area contributed by atoms with E-state index in [1.54, 1.807) is 10.6 Å². The highest BCUT2D eigenvalue weighted by Crippen LogP contribution is 2.30. The molecule has 0 saturated heterocycles. The molecule has 1 aliphatic rings. The lowest BCUT2D eigenvalue weighted by atomic mass is 10.1. The minimum absolute atomic E-state index is 0.0844. The molecule has 1 amide bonds. The van der Waals surface area contributed by atoms with Crippen molar-refractivity contribution < 1.29 is 28.6 Å². The largest absolute Gasteiger partial charge is 0.466 e. The van der Waals surface area contributed by atoms with Gasteiger partial charge >= 0.3 is 18.2 Å². The summed E-state index contributed by atoms with van der Waals surface area (Å²) in [6, 6.07) is 13.7. The Labute approximate surface area is 241 Å². The van der Waals surface area contributed by atoms with E-state index in [0.29, 0.717) is 25.8 Å². The number of carbonyl (C=O) groups is 3. The summed E-state index contributed by atoms with van der Waals surface area (Å²) in [5.41, 5.74) is 3.65. The van der Waals surface area contributed by atoms with Crippen molar-refractivity contribution in [2.75, 3.05) is 13.7 Å². The van der Waals surface area contributed by atoms with Crippen molar-refractivity contribution in [2.24, 2.45) is 0 Å². The van der Waals surface area contributed by atoms with Crippen molar-refractivity contribution in [3.05, 3.63) is 77.0 Å². The van der Waals surface area contributed by atoms with Crippen LogP contribution in [0.4, 0.5) is 9.59 Å². The number of carbonyl (C=O) groups excluding carboxylic acids is 3. The van der Waals surface area contributed by atoms with Crippen molar-refractivity contribution in [1.82, 2.24) is 9.47 Å². The van der Waals surface area contributed by atoms with Crippen LogP contribution in [0.1, 0.15) is 63.8 Å². The molecular weight excluding hydrogens is 520 g/mol. The molecule has 0 fully saturated rings. The van der Waals surface area contributed by atoms with Crippen LogP contribution in [0.15, 0.2) is 54.7 Å². The maximum Gasteiger partial charge on any atom is 0.419 e. The molecule has 4 rings (SSSR count). The Kier molecular flexibility index (Phi) is 8.61. The fourth-order valence-corrected chi connectivity index (χ4v) is 5.07. The number of rotatable bonds is 6. The van der Waals surface area contributed by atoms with Crippen molar-refractivity contribution in [3.63, 3.8) is 0 Å². The van der Waals surface area contributed by atoms with Crippen LogP contribution in [0.3, 0.4) is 0 Å². The summed E-state index contributed by atoms with van der Waals surface area (Å²) in [5.74, 6) is -0.410. The molecule has 8 nitrogen and oxygen atoms in total. The van der Waals surface area contributed by atoms with E-state index in [4.69, 9.17) is 14.2 Å². The molecule has 0 spiro atoms. The van der Waals surface area contributed by atoms with Gasteiger partial charge in [-0.25, -0.2) is 14.4 Å². The number of nitrogens with zero attached hydrogens (tertiary/aromatic N) is 2. The van der Waals surface area contributed by atoms with Gasteiger partial charge in [-0.3, -0.25) is 4.57 Å². The van der Waals surface area contributed by atoms with E-state index in [1.165, 1.54) is 18.7 Å². The van der Waals surface area contributed by atoms with Crippen LogP contribution in [0.2, 0.25) is 0 Å². The number of hydrogen-bond donors (Lipinski definition) is 0. The van der Waals surface area contributed by atoms with E-state index in [9.17, 15) is 14.4 Å². The zero-order chi connectivity index (χ0) is 29.9. The Hall–Kier alpha value is -4.07. The molecular formula is C33H40N2O6. The normalized spacial score (nSPS) is 15.1. The van der Waals surface area contributed by atoms with E-state index in [1.807, 2.05) is 89.0 Å². The molecule has 0 bridgehead atoms. The van der Waals surface area contributed by atoms with E-state index in [2.05, 4.69) is 6.07 Å². The van der Waals surface area contributed by atoms with Gasteiger partial charge in [0.1, 0.15) is 11.2 Å². The lowest BCUT2D eigenvalue weighted by Crippen LogP contribution is -2.45. The highest BCUT2D eigenvalue weighted by molar-refractivity contribution is 5.92. The first kappa shape index (κ1) is 29.9. The first-order chi connectivity index (χ1) is 19.2. The molecule has 1 atom stereocenters. The number of esters is 1. The number of fused-ring (bicyclic) bond motifs is 2. The lowest BCUT2D eigenvalue weighted by molar-refractivity contribution is -0.134. The SMILES string of the molecule is COC(=O)C=Cc1ccc2c(c1)CC(N(CCc1cn(C(=O)OC(C)(C)C)c3ccccc13)C(=O)OC(C)(C)C)C2. The third-order valence-corrected chi connectivity index (χ3v) is 6.83. The second kappa shape index (κ2) is 11.8. The number of benzene rings is 2. The zero-order valence-electron chi connectivity index (χ0n) is 25.0. The van der Waals surface area contributed by atoms with Gasteiger partial charge in [-0.1, -0.05) is 36.4 Å². The van der Waals surface area contributed by atoms with Gasteiger partial charge in [0.15, 0.2) is 0 Å². The summed E-state index contributed by atoms with van der Waals surface area (Å²) in [5, 5.41) is 0.944. The van der Waals surface area contributed by atoms with Crippen molar-refractivity contribution in [3.8, 4) is 0 Å². The Morgan fingerprint density at radius 3 is 2.32 bits per heavy atom. The second-order valence-corrected chi connectivity index (χ2v) is 12.4. The predicted octanol–water partition coefficient (Wildman–Crippen LogP) is 6.56. The molecule has 1 aliphatic carbocycles. The smallest absolute Gasteiger partial charge is 0.419 e. The van der Waals surface area contributed by atoms with Gasteiger partial charge in [0.05, 0.1) is 12.6 Å². The number of hydrogen-bond acceptors (Lipinski definition) is 6. The quantitative estimate of drug-likeness (QED) is 0.193. The van der Waals surface area contributed by atoms with Crippen LogP contribution >= 0.6 is 0 Å². The van der Waals surface area contributed by atoms with Crippen LogP contribution < -0.4 is 0 Å². The Bertz CT molecular complexity index is 1470. The number of ether oxygens (including phenoxy) is 3. The Balaban J connectivity index is 1.58. The van der Waals surface area contributed by atoms with Gasteiger partial charge in [-0.2, -0.15) is 0 Å². The maximum atomic E-state index is 13.5. The molecule has 41 heavy (non-hydrogen) atoms. The monoisotopic (exact) mass is 560 g/mol. The molecule has 2 aromatic carbocycles. The second-order valence-electron chi connectivity index (χ2n) is 12.4. The van der Waals surface area contributed by atoms with Crippen LogP contribution in [-0.4, -0.2) is 58.5 Å². The Morgan fingerprint density at radius 1 is 0.951 bits per heavy atom. The number of aromatic nitrogens is 1. The molecule has 1 unspecified atom stereocenters. The molecule has 0 radical (unpaired) electrons.